The number of hydrogen-bond acceptors (Lipinski definition) is 6. The third-order valence-electron chi connectivity index (χ3n) is 2.32. The summed E-state index contributed by atoms with van der Waals surface area (Å²) in [6.07, 6.45) is 1.42. The Labute approximate surface area is 197 Å². The molecule has 0 N–H and O–H groups in total. The monoisotopic (exact) mass is 373 g/mol. The second kappa shape index (κ2) is 10.9. The van der Waals surface area contributed by atoms with Gasteiger partial charge in [-0.1, -0.05) is 23.9 Å². The molecule has 0 saturated carbocycles. The van der Waals surface area contributed by atoms with Crippen LogP contribution >= 0.6 is 19.6 Å². The fraction of sp³-hybridized carbons (Fsp3) is 0.0833. The maximum absolute atomic E-state index is 11.4. The molecule has 0 radical (unpaired) electrons. The predicted molar refractivity (Wildman–Crippen MR) is 69.6 cm³/mol. The first-order valence-corrected chi connectivity index (χ1v) is 8.00. The van der Waals surface area contributed by atoms with Gasteiger partial charge in [0.25, 0.3) is 5.03 Å². The molecule has 1 aromatic heterocycles. The van der Waals surface area contributed by atoms with E-state index >= 15 is 0 Å². The fourth-order valence-electron chi connectivity index (χ4n) is 1.46. The third kappa shape index (κ3) is 8.28. The van der Waals surface area contributed by atoms with Crippen LogP contribution in [0, 0.1) is 5.21 Å². The molecule has 1 heterocycles. The van der Waals surface area contributed by atoms with Crippen LogP contribution in [-0.4, -0.2) is 0 Å². The van der Waals surface area contributed by atoms with E-state index in [1.807, 2.05) is 0 Å². The average molecular weight is 373 g/mol. The van der Waals surface area contributed by atoms with Gasteiger partial charge in [-0.3, -0.25) is 0 Å². The minimum atomic E-state index is -5.02. The minimum absolute atomic E-state index is 0. The normalized spacial score (nSPS) is 10.3. The van der Waals surface area contributed by atoms with Crippen molar-refractivity contribution in [3.63, 3.8) is 0 Å². The molecule has 0 amide bonds. The van der Waals surface area contributed by atoms with Gasteiger partial charge in [-0.2, -0.15) is 4.73 Å². The molecule has 0 unspecified atom stereocenters. The number of pyridine rings is 1. The molecule has 2 rings (SSSR count). The van der Waals surface area contributed by atoms with Crippen LogP contribution in [0.1, 0.15) is 5.56 Å². The van der Waals surface area contributed by atoms with E-state index in [0.717, 1.165) is 10.3 Å². The number of phosphoric ester groups is 1. The molecule has 2 aromatic rings. The van der Waals surface area contributed by atoms with Crippen LogP contribution in [-0.2, 0) is 10.3 Å². The van der Waals surface area contributed by atoms with Gasteiger partial charge in [0.1, 0.15) is 13.6 Å². The number of phosphoric acid groups is 1. The van der Waals surface area contributed by atoms with Gasteiger partial charge in [-0.25, -0.2) is 0 Å². The minimum Gasteiger partial charge on any atom is -0.780 e. The molecule has 106 valence electrons. The number of benzene rings is 1. The molecule has 1 aromatic carbocycles. The Bertz CT molecular complexity index is 640. The summed E-state index contributed by atoms with van der Waals surface area (Å²) in [6, 6.07) is 11.2. The summed E-state index contributed by atoms with van der Waals surface area (Å²) in [5.74, 6) is 0.518. The Hall–Kier alpha value is 1.11. The van der Waals surface area contributed by atoms with Crippen LogP contribution in [0.3, 0.4) is 0 Å². The average Bonchev–Trinajstić information content (AvgIpc) is 2.38. The van der Waals surface area contributed by atoms with Crippen molar-refractivity contribution < 1.29 is 105 Å². The Morgan fingerprint density at radius 3 is 2.32 bits per heavy atom. The summed E-state index contributed by atoms with van der Waals surface area (Å²) in [5, 5.41) is 12.0. The largest absolute Gasteiger partial charge is 1.00 e. The van der Waals surface area contributed by atoms with E-state index in [-0.39, 0.29) is 86.7 Å². The first-order chi connectivity index (χ1) is 9.44. The van der Waals surface area contributed by atoms with Gasteiger partial charge in [0, 0.05) is 17.9 Å². The van der Waals surface area contributed by atoms with E-state index in [2.05, 4.69) is 4.52 Å². The van der Waals surface area contributed by atoms with Crippen molar-refractivity contribution in [1.29, 1.82) is 0 Å². The maximum atomic E-state index is 11.4. The molecule has 0 bridgehead atoms. The molecule has 0 aliphatic rings. The van der Waals surface area contributed by atoms with Crippen molar-refractivity contribution in [3.8, 4) is 5.75 Å². The van der Waals surface area contributed by atoms with Crippen molar-refractivity contribution in [2.45, 2.75) is 10.8 Å². The number of rotatable bonds is 5. The molecule has 22 heavy (non-hydrogen) atoms. The van der Waals surface area contributed by atoms with Crippen molar-refractivity contribution in [2.24, 2.45) is 0 Å². The Morgan fingerprint density at radius 2 is 1.77 bits per heavy atom. The first kappa shape index (κ1) is 23.1. The Kier molecular flexibility index (Phi) is 11.4. The zero-order valence-electron chi connectivity index (χ0n) is 12.2. The quantitative estimate of drug-likeness (QED) is 0.171. The van der Waals surface area contributed by atoms with E-state index in [4.69, 9.17) is 0 Å². The van der Waals surface area contributed by atoms with E-state index in [1.54, 1.807) is 30.3 Å². The van der Waals surface area contributed by atoms with Crippen LogP contribution in [0.4, 0.5) is 0 Å². The molecule has 0 atom stereocenters. The molecular weight excluding hydrogens is 363 g/mol. The van der Waals surface area contributed by atoms with Crippen LogP contribution in [0.5, 0.6) is 5.75 Å². The summed E-state index contributed by atoms with van der Waals surface area (Å²) in [5.41, 5.74) is 0.873. The van der Waals surface area contributed by atoms with Crippen molar-refractivity contribution in [3.05, 3.63) is 59.4 Å². The second-order valence-corrected chi connectivity index (χ2v) is 5.91. The molecule has 0 fully saturated rings. The number of thioether (sulfide) groups is 1. The summed E-state index contributed by atoms with van der Waals surface area (Å²) in [4.78, 5) is 20.9. The molecule has 10 heteroatoms. The van der Waals surface area contributed by atoms with Crippen LogP contribution in [0.15, 0.2) is 53.7 Å². The number of aromatic nitrogens is 1. The third-order valence-corrected chi connectivity index (χ3v) is 3.84. The van der Waals surface area contributed by atoms with Crippen LogP contribution in [0.2, 0.25) is 0 Å². The van der Waals surface area contributed by atoms with Crippen LogP contribution < -0.4 is 100.0 Å². The maximum Gasteiger partial charge on any atom is 1.00 e. The molecular formula is C12H10KNNaO5PS. The van der Waals surface area contributed by atoms with Gasteiger partial charge in [-0.05, 0) is 23.8 Å². The molecule has 0 saturated heterocycles. The van der Waals surface area contributed by atoms with E-state index in [0.29, 0.717) is 10.8 Å². The summed E-state index contributed by atoms with van der Waals surface area (Å²) < 4.78 is 15.4. The van der Waals surface area contributed by atoms with Crippen molar-refractivity contribution in [2.75, 3.05) is 0 Å². The predicted octanol–water partition coefficient (Wildman–Crippen LogP) is -5.17. The van der Waals surface area contributed by atoms with E-state index in [1.165, 1.54) is 30.1 Å². The van der Waals surface area contributed by atoms with Crippen LogP contribution in [0.25, 0.3) is 0 Å². The van der Waals surface area contributed by atoms with E-state index < -0.39 is 7.82 Å². The van der Waals surface area contributed by atoms with Gasteiger partial charge < -0.3 is 24.1 Å². The summed E-state index contributed by atoms with van der Waals surface area (Å²) in [7, 11) is -5.02. The summed E-state index contributed by atoms with van der Waals surface area (Å²) >= 11 is 1.35. The standard InChI is InChI=1S/C12H12NO5PS.K.Na/c14-13-8-2-1-3-12(13)20-9-10-4-6-11(7-5-10)18-19(15,16)17;;/h1-8H,9H2,(H2,15,16,17);;/q;2*+1/p-2. The first-order valence-electron chi connectivity index (χ1n) is 5.56. The smallest absolute Gasteiger partial charge is 0.780 e. The topological polar surface area (TPSA) is 99.4 Å². The van der Waals surface area contributed by atoms with Gasteiger partial charge in [0.05, 0.1) is 0 Å². The van der Waals surface area contributed by atoms with Gasteiger partial charge in [0.2, 0.25) is 0 Å². The van der Waals surface area contributed by atoms with Crippen molar-refractivity contribution in [1.82, 2.24) is 0 Å². The number of hydrogen-bond donors (Lipinski definition) is 0. The van der Waals surface area contributed by atoms with Gasteiger partial charge >= 0.3 is 80.9 Å². The number of nitrogens with zero attached hydrogens (tertiary/aromatic N) is 1. The second-order valence-electron chi connectivity index (χ2n) is 3.84. The van der Waals surface area contributed by atoms with E-state index in [9.17, 15) is 19.6 Å². The van der Waals surface area contributed by atoms with Crippen molar-refractivity contribution >= 4 is 19.6 Å². The molecule has 0 aliphatic carbocycles. The molecule has 6 nitrogen and oxygen atoms in total. The Morgan fingerprint density at radius 1 is 1.14 bits per heavy atom. The fourth-order valence-corrected chi connectivity index (χ4v) is 2.71. The molecule has 0 aliphatic heterocycles. The molecule has 0 spiro atoms. The zero-order valence-corrected chi connectivity index (χ0v) is 19.0. The summed E-state index contributed by atoms with van der Waals surface area (Å²) in [6.45, 7) is 0. The SMILES string of the molecule is O=P([O-])([O-])Oc1ccc(CSc2cccc[n+]2[O-])cc1.[K+].[Na+]. The van der Waals surface area contributed by atoms with Gasteiger partial charge in [-0.15, -0.1) is 0 Å². The zero-order chi connectivity index (χ0) is 14.6. The Balaban J connectivity index is 0.00000220. The van der Waals surface area contributed by atoms with Gasteiger partial charge in [0.15, 0.2) is 6.20 Å².